The summed E-state index contributed by atoms with van der Waals surface area (Å²) in [6.45, 7) is 10.7. The van der Waals surface area contributed by atoms with E-state index >= 15 is 0 Å². The van der Waals surface area contributed by atoms with Gasteiger partial charge >= 0.3 is 0 Å². The maximum atomic E-state index is 6.04. The van der Waals surface area contributed by atoms with Crippen LogP contribution in [0.15, 0.2) is 52.8 Å². The summed E-state index contributed by atoms with van der Waals surface area (Å²) < 4.78 is 0. The maximum Gasteiger partial charge on any atom is 0.115 e. The van der Waals surface area contributed by atoms with Gasteiger partial charge in [0, 0.05) is 49.5 Å². The third-order valence-corrected chi connectivity index (χ3v) is 7.91. The molecule has 33 heavy (non-hydrogen) atoms. The van der Waals surface area contributed by atoms with Crippen LogP contribution in [0.2, 0.25) is 0 Å². The number of piperazine rings is 1. The van der Waals surface area contributed by atoms with E-state index in [4.69, 9.17) is 5.73 Å². The summed E-state index contributed by atoms with van der Waals surface area (Å²) in [6, 6.07) is 15.3. The van der Waals surface area contributed by atoms with Gasteiger partial charge in [0.1, 0.15) is 6.67 Å². The van der Waals surface area contributed by atoms with E-state index < -0.39 is 0 Å². The zero-order chi connectivity index (χ0) is 22.8. The molecule has 0 spiro atoms. The molecule has 3 aromatic rings. The number of thiophene rings is 1. The van der Waals surface area contributed by atoms with Gasteiger partial charge in [-0.2, -0.15) is 0 Å². The zero-order valence-corrected chi connectivity index (χ0v) is 20.4. The molecule has 1 fully saturated rings. The molecule has 2 aliphatic heterocycles. The molecule has 6 heteroatoms. The number of nitrogen functional groups attached to an aromatic ring is 1. The van der Waals surface area contributed by atoms with E-state index in [0.29, 0.717) is 6.67 Å². The van der Waals surface area contributed by atoms with Gasteiger partial charge in [0.25, 0.3) is 0 Å². The molecule has 0 radical (unpaired) electrons. The van der Waals surface area contributed by atoms with Crippen LogP contribution in [0.5, 0.6) is 0 Å². The summed E-state index contributed by atoms with van der Waals surface area (Å²) in [4.78, 5) is 13.3. The first kappa shape index (κ1) is 22.0. The van der Waals surface area contributed by atoms with Crippen LogP contribution < -0.4 is 15.5 Å². The van der Waals surface area contributed by atoms with Gasteiger partial charge < -0.3 is 20.4 Å². The molecule has 0 unspecified atom stereocenters. The van der Waals surface area contributed by atoms with Crippen LogP contribution in [0.25, 0.3) is 0 Å². The fourth-order valence-corrected chi connectivity index (χ4v) is 5.85. The number of rotatable bonds is 6. The van der Waals surface area contributed by atoms with Gasteiger partial charge in [0.05, 0.1) is 10.6 Å². The molecule has 1 saturated heterocycles. The molecule has 0 amide bonds. The molecule has 172 valence electrons. The van der Waals surface area contributed by atoms with Crippen molar-refractivity contribution in [3.63, 3.8) is 0 Å². The lowest BCUT2D eigenvalue weighted by Crippen LogP contribution is -2.46. The fourth-order valence-electron chi connectivity index (χ4n) is 4.86. The smallest absolute Gasteiger partial charge is 0.115 e. The number of nitrogens with two attached hydrogens (primary N) is 1. The third-order valence-electron chi connectivity index (χ3n) is 6.95. The summed E-state index contributed by atoms with van der Waals surface area (Å²) in [5.41, 5.74) is 14.8. The van der Waals surface area contributed by atoms with E-state index in [1.807, 2.05) is 12.3 Å². The highest BCUT2D eigenvalue weighted by atomic mass is 32.1. The largest absolute Gasteiger partial charge is 0.399 e. The van der Waals surface area contributed by atoms with Crippen molar-refractivity contribution in [1.29, 1.82) is 0 Å². The van der Waals surface area contributed by atoms with E-state index in [0.717, 1.165) is 51.3 Å². The Balaban J connectivity index is 1.33. The molecule has 5 rings (SSSR count). The number of fused-ring (bicyclic) bond motifs is 1. The predicted molar refractivity (Wildman–Crippen MR) is 143 cm³/mol. The summed E-state index contributed by atoms with van der Waals surface area (Å²) >= 11 is 1.79. The number of aliphatic imine (C=N–C) groups is 1. The predicted octanol–water partition coefficient (Wildman–Crippen LogP) is 5.09. The van der Waals surface area contributed by atoms with Crippen LogP contribution in [0.3, 0.4) is 0 Å². The maximum absolute atomic E-state index is 6.04. The van der Waals surface area contributed by atoms with Gasteiger partial charge in [-0.05, 0) is 84.8 Å². The van der Waals surface area contributed by atoms with Gasteiger partial charge in [-0.15, -0.1) is 11.3 Å². The van der Waals surface area contributed by atoms with Crippen LogP contribution in [0.4, 0.5) is 22.7 Å². The van der Waals surface area contributed by atoms with Crippen molar-refractivity contribution in [3.8, 4) is 0 Å². The summed E-state index contributed by atoms with van der Waals surface area (Å²) in [5, 5.41) is 2.30. The second-order valence-corrected chi connectivity index (χ2v) is 9.89. The quantitative estimate of drug-likeness (QED) is 0.522. The minimum absolute atomic E-state index is 0.669. The Kier molecular flexibility index (Phi) is 6.38. The second-order valence-electron chi connectivity index (χ2n) is 8.98. The number of hydrogen-bond acceptors (Lipinski definition) is 6. The number of aryl methyl sites for hydroxylation is 3. The molecule has 0 bridgehead atoms. The van der Waals surface area contributed by atoms with Gasteiger partial charge in [-0.1, -0.05) is 13.0 Å². The molecule has 2 aliphatic rings. The first-order chi connectivity index (χ1) is 16.1. The van der Waals surface area contributed by atoms with Crippen LogP contribution in [-0.2, 0) is 12.8 Å². The standard InChI is InChI=1S/C27H33N5S/c1-3-30-12-14-31(15-13-30)24-8-10-25(11-9-24)32-19-29-17-26-27(32)22(18-33-26)6-5-21-16-23(28)7-4-20(21)2/h4,7-11,16-18H,3,5-6,12-15,19,28H2,1-2H3. The Morgan fingerprint density at radius 2 is 1.67 bits per heavy atom. The minimum Gasteiger partial charge on any atom is -0.399 e. The molecule has 0 saturated carbocycles. The third kappa shape index (κ3) is 4.63. The van der Waals surface area contributed by atoms with Crippen molar-refractivity contribution in [1.82, 2.24) is 4.90 Å². The van der Waals surface area contributed by atoms with E-state index in [2.05, 4.69) is 75.3 Å². The van der Waals surface area contributed by atoms with Crippen LogP contribution in [0.1, 0.15) is 28.5 Å². The first-order valence-electron chi connectivity index (χ1n) is 11.9. The Morgan fingerprint density at radius 3 is 2.42 bits per heavy atom. The number of anilines is 4. The second kappa shape index (κ2) is 9.57. The highest BCUT2D eigenvalue weighted by Crippen LogP contribution is 2.38. The molecule has 2 N–H and O–H groups in total. The van der Waals surface area contributed by atoms with Crippen molar-refractivity contribution in [2.75, 3.05) is 54.9 Å². The number of benzene rings is 2. The van der Waals surface area contributed by atoms with Crippen molar-refractivity contribution in [3.05, 3.63) is 69.4 Å². The molecular weight excluding hydrogens is 426 g/mol. The van der Waals surface area contributed by atoms with E-state index in [1.165, 1.54) is 38.6 Å². The van der Waals surface area contributed by atoms with Crippen LogP contribution >= 0.6 is 11.3 Å². The monoisotopic (exact) mass is 459 g/mol. The van der Waals surface area contributed by atoms with Gasteiger partial charge in [0.15, 0.2) is 0 Å². The van der Waals surface area contributed by atoms with Crippen molar-refractivity contribution >= 4 is 40.3 Å². The Labute approximate surface area is 201 Å². The lowest BCUT2D eigenvalue weighted by molar-refractivity contribution is 0.271. The molecule has 0 atom stereocenters. The molecular formula is C27H33N5S. The lowest BCUT2D eigenvalue weighted by atomic mass is 10.00. The first-order valence-corrected chi connectivity index (χ1v) is 12.8. The minimum atomic E-state index is 0.669. The normalized spacial score (nSPS) is 16.3. The fraction of sp³-hybridized carbons (Fsp3) is 0.370. The van der Waals surface area contributed by atoms with Crippen LogP contribution in [0, 0.1) is 6.92 Å². The Hall–Kier alpha value is -2.83. The van der Waals surface area contributed by atoms with Gasteiger partial charge in [-0.3, -0.25) is 4.99 Å². The van der Waals surface area contributed by atoms with Crippen molar-refractivity contribution in [2.24, 2.45) is 4.99 Å². The highest BCUT2D eigenvalue weighted by Gasteiger charge is 2.22. The topological polar surface area (TPSA) is 48.1 Å². The molecule has 3 heterocycles. The van der Waals surface area contributed by atoms with Gasteiger partial charge in [0.2, 0.25) is 0 Å². The molecule has 2 aromatic carbocycles. The summed E-state index contributed by atoms with van der Waals surface area (Å²) in [7, 11) is 0. The van der Waals surface area contributed by atoms with E-state index in [9.17, 15) is 0 Å². The SMILES string of the molecule is CCN1CCN(c2ccc(N3CN=Cc4scc(CCc5cc(N)ccc5C)c43)cc2)CC1. The molecule has 1 aromatic heterocycles. The number of likely N-dealkylation sites (N-methyl/N-ethyl adjacent to an activating group) is 1. The average molecular weight is 460 g/mol. The molecule has 0 aliphatic carbocycles. The Bertz CT molecular complexity index is 1130. The molecule has 5 nitrogen and oxygen atoms in total. The summed E-state index contributed by atoms with van der Waals surface area (Å²) in [6.07, 6.45) is 4.03. The lowest BCUT2D eigenvalue weighted by Gasteiger charge is -2.35. The summed E-state index contributed by atoms with van der Waals surface area (Å²) in [5.74, 6) is 0. The van der Waals surface area contributed by atoms with E-state index in [1.54, 1.807) is 11.3 Å². The van der Waals surface area contributed by atoms with Crippen LogP contribution in [-0.4, -0.2) is 50.5 Å². The highest BCUT2D eigenvalue weighted by molar-refractivity contribution is 7.12. The van der Waals surface area contributed by atoms with Gasteiger partial charge in [-0.25, -0.2) is 0 Å². The number of hydrogen-bond donors (Lipinski definition) is 1. The number of nitrogens with zero attached hydrogens (tertiary/aromatic N) is 4. The van der Waals surface area contributed by atoms with Crippen molar-refractivity contribution in [2.45, 2.75) is 26.7 Å². The average Bonchev–Trinajstić information content (AvgIpc) is 3.28. The van der Waals surface area contributed by atoms with E-state index in [-0.39, 0.29) is 0 Å². The van der Waals surface area contributed by atoms with Crippen molar-refractivity contribution < 1.29 is 0 Å². The Morgan fingerprint density at radius 1 is 0.939 bits per heavy atom. The zero-order valence-electron chi connectivity index (χ0n) is 19.6.